The Labute approximate surface area is 212 Å². The van der Waals surface area contributed by atoms with Crippen LogP contribution in [0.3, 0.4) is 0 Å². The van der Waals surface area contributed by atoms with Crippen LogP contribution in [0, 0.1) is 0 Å². The van der Waals surface area contributed by atoms with Crippen molar-refractivity contribution < 1.29 is 19.1 Å². The van der Waals surface area contributed by atoms with Gasteiger partial charge in [0.25, 0.3) is 0 Å². The first-order chi connectivity index (χ1) is 16.0. The second-order valence-electron chi connectivity index (χ2n) is 7.85. The van der Waals surface area contributed by atoms with Gasteiger partial charge < -0.3 is 19.3 Å². The van der Waals surface area contributed by atoms with Crippen molar-refractivity contribution in [3.63, 3.8) is 0 Å². The topological polar surface area (TPSA) is 59.1 Å². The van der Waals surface area contributed by atoms with Gasteiger partial charge in [0.15, 0.2) is 0 Å². The zero-order valence-electron chi connectivity index (χ0n) is 20.5. The first kappa shape index (κ1) is 28.1. The predicted molar refractivity (Wildman–Crippen MR) is 143 cm³/mol. The summed E-state index contributed by atoms with van der Waals surface area (Å²) in [6.07, 6.45) is 0. The molecule has 3 aromatic rings. The third-order valence-corrected chi connectivity index (χ3v) is 7.15. The van der Waals surface area contributed by atoms with Crippen molar-refractivity contribution in [1.29, 1.82) is 0 Å². The lowest BCUT2D eigenvalue weighted by molar-refractivity contribution is 0.0458. The molecule has 0 fully saturated rings. The third kappa shape index (κ3) is 6.92. The summed E-state index contributed by atoms with van der Waals surface area (Å²) in [6, 6.07) is 11.2. The predicted octanol–water partition coefficient (Wildman–Crippen LogP) is 5.47. The van der Waals surface area contributed by atoms with Crippen molar-refractivity contribution in [2.45, 2.75) is 27.7 Å². The molecular formula is C26H35ClN2O4S. The van der Waals surface area contributed by atoms with E-state index in [1.165, 1.54) is 0 Å². The number of carbonyl (C=O) groups is 2. The van der Waals surface area contributed by atoms with Crippen LogP contribution in [0.2, 0.25) is 0 Å². The monoisotopic (exact) mass is 506 g/mol. The molecule has 0 saturated carbocycles. The lowest BCUT2D eigenvalue weighted by Crippen LogP contribution is -2.27. The summed E-state index contributed by atoms with van der Waals surface area (Å²) < 4.78 is 13.0. The van der Waals surface area contributed by atoms with Gasteiger partial charge in [0.1, 0.15) is 13.2 Å². The number of halogens is 1. The van der Waals surface area contributed by atoms with Gasteiger partial charge in [0, 0.05) is 33.3 Å². The van der Waals surface area contributed by atoms with Crippen molar-refractivity contribution in [1.82, 2.24) is 9.80 Å². The van der Waals surface area contributed by atoms with Crippen molar-refractivity contribution >= 4 is 55.9 Å². The lowest BCUT2D eigenvalue weighted by Gasteiger charge is -2.17. The number of fused-ring (bicyclic) bond motifs is 3. The molecule has 6 nitrogen and oxygen atoms in total. The SMILES string of the molecule is CCN(CC)CCOC(=O)c1ccc2c(c1)sc1ccc(C(=O)OCCN(CC)CC)cc12.Cl. The lowest BCUT2D eigenvalue weighted by atomic mass is 10.1. The maximum Gasteiger partial charge on any atom is 0.338 e. The fourth-order valence-corrected chi connectivity index (χ4v) is 4.94. The molecular weight excluding hydrogens is 472 g/mol. The molecule has 1 heterocycles. The number of benzene rings is 2. The molecule has 0 saturated heterocycles. The van der Waals surface area contributed by atoms with Gasteiger partial charge in [0.05, 0.1) is 11.1 Å². The Balaban J connectivity index is 0.00000408. The molecule has 8 heteroatoms. The van der Waals surface area contributed by atoms with E-state index in [0.29, 0.717) is 24.3 Å². The fraction of sp³-hybridized carbons (Fsp3) is 0.462. The van der Waals surface area contributed by atoms with E-state index in [2.05, 4.69) is 37.5 Å². The number of nitrogens with zero attached hydrogens (tertiary/aromatic N) is 2. The summed E-state index contributed by atoms with van der Waals surface area (Å²) in [5.41, 5.74) is 1.09. The zero-order chi connectivity index (χ0) is 23.8. The molecule has 34 heavy (non-hydrogen) atoms. The summed E-state index contributed by atoms with van der Waals surface area (Å²) in [7, 11) is 0. The summed E-state index contributed by atoms with van der Waals surface area (Å²) in [6.45, 7) is 14.4. The van der Waals surface area contributed by atoms with E-state index in [1.807, 2.05) is 24.3 Å². The second-order valence-corrected chi connectivity index (χ2v) is 8.93. The molecule has 0 aliphatic carbocycles. The van der Waals surface area contributed by atoms with Gasteiger partial charge in [0.2, 0.25) is 0 Å². The molecule has 0 aliphatic rings. The number of likely N-dealkylation sites (N-methyl/N-ethyl adjacent to an activating group) is 2. The van der Waals surface area contributed by atoms with E-state index in [4.69, 9.17) is 9.47 Å². The van der Waals surface area contributed by atoms with E-state index in [1.54, 1.807) is 23.5 Å². The second kappa shape index (κ2) is 13.6. The number of thiophene rings is 1. The van der Waals surface area contributed by atoms with E-state index >= 15 is 0 Å². The smallest absolute Gasteiger partial charge is 0.338 e. The van der Waals surface area contributed by atoms with Crippen LogP contribution in [0.15, 0.2) is 36.4 Å². The molecule has 0 N–H and O–H groups in total. The number of hydrogen-bond acceptors (Lipinski definition) is 7. The van der Waals surface area contributed by atoms with Crippen LogP contribution in [-0.4, -0.2) is 74.2 Å². The highest BCUT2D eigenvalue weighted by Crippen LogP contribution is 2.35. The Morgan fingerprint density at radius 2 is 1.21 bits per heavy atom. The van der Waals surface area contributed by atoms with Crippen LogP contribution >= 0.6 is 23.7 Å². The number of ether oxygens (including phenoxy) is 2. The number of carbonyl (C=O) groups excluding carboxylic acids is 2. The van der Waals surface area contributed by atoms with Gasteiger partial charge >= 0.3 is 11.9 Å². The van der Waals surface area contributed by atoms with Crippen molar-refractivity contribution in [2.24, 2.45) is 0 Å². The van der Waals surface area contributed by atoms with Gasteiger partial charge in [-0.15, -0.1) is 23.7 Å². The van der Waals surface area contributed by atoms with Gasteiger partial charge in [-0.1, -0.05) is 33.8 Å². The van der Waals surface area contributed by atoms with Gasteiger partial charge in [-0.05, 0) is 56.5 Å². The van der Waals surface area contributed by atoms with Gasteiger partial charge in [-0.25, -0.2) is 9.59 Å². The van der Waals surface area contributed by atoms with E-state index in [0.717, 1.165) is 59.4 Å². The fourth-order valence-electron chi connectivity index (χ4n) is 3.81. The minimum atomic E-state index is -0.309. The average Bonchev–Trinajstić information content (AvgIpc) is 3.21. The first-order valence-corrected chi connectivity index (χ1v) is 12.6. The van der Waals surface area contributed by atoms with Crippen molar-refractivity contribution in [3.8, 4) is 0 Å². The zero-order valence-corrected chi connectivity index (χ0v) is 22.1. The van der Waals surface area contributed by atoms with E-state index in [-0.39, 0.29) is 24.3 Å². The van der Waals surface area contributed by atoms with Crippen molar-refractivity contribution in [3.05, 3.63) is 47.5 Å². The van der Waals surface area contributed by atoms with E-state index in [9.17, 15) is 9.59 Å². The standard InChI is InChI=1S/C26H34N2O4S.ClH/c1-5-27(6-2)13-15-31-25(29)19-10-12-23-22(17-19)21-11-9-20(18-24(21)33-23)26(30)32-16-14-28(7-3)8-4;/h9-12,17-18H,5-8,13-16H2,1-4H3;1H. The number of hydrogen-bond donors (Lipinski definition) is 0. The molecule has 0 spiro atoms. The normalized spacial score (nSPS) is 11.2. The molecule has 186 valence electrons. The summed E-state index contributed by atoms with van der Waals surface area (Å²) in [5.74, 6) is -0.615. The highest BCUT2D eigenvalue weighted by Gasteiger charge is 2.14. The molecule has 1 aromatic heterocycles. The highest BCUT2D eigenvalue weighted by molar-refractivity contribution is 7.25. The number of esters is 2. The van der Waals surface area contributed by atoms with E-state index < -0.39 is 0 Å². The first-order valence-electron chi connectivity index (χ1n) is 11.8. The number of rotatable bonds is 12. The minimum Gasteiger partial charge on any atom is -0.461 e. The molecule has 0 atom stereocenters. The van der Waals surface area contributed by atoms with Gasteiger partial charge in [-0.3, -0.25) is 0 Å². The molecule has 0 aliphatic heterocycles. The maximum absolute atomic E-state index is 12.5. The average molecular weight is 507 g/mol. The highest BCUT2D eigenvalue weighted by atomic mass is 35.5. The van der Waals surface area contributed by atoms with Crippen LogP contribution < -0.4 is 0 Å². The van der Waals surface area contributed by atoms with Crippen LogP contribution in [0.4, 0.5) is 0 Å². The van der Waals surface area contributed by atoms with Crippen molar-refractivity contribution in [2.75, 3.05) is 52.5 Å². The van der Waals surface area contributed by atoms with Crippen LogP contribution in [0.1, 0.15) is 48.4 Å². The Kier molecular flexibility index (Phi) is 11.2. The molecule has 0 radical (unpaired) electrons. The molecule has 0 unspecified atom stereocenters. The molecule has 0 amide bonds. The van der Waals surface area contributed by atoms with Gasteiger partial charge in [-0.2, -0.15) is 0 Å². The third-order valence-electron chi connectivity index (χ3n) is 6.01. The minimum absolute atomic E-state index is 0. The molecule has 3 rings (SSSR count). The summed E-state index contributed by atoms with van der Waals surface area (Å²) >= 11 is 1.60. The Morgan fingerprint density at radius 3 is 1.74 bits per heavy atom. The Morgan fingerprint density at radius 1 is 0.706 bits per heavy atom. The Hall–Kier alpha value is -2.19. The largest absolute Gasteiger partial charge is 0.461 e. The molecule has 2 aromatic carbocycles. The van der Waals surface area contributed by atoms with Crippen LogP contribution in [0.25, 0.3) is 20.2 Å². The van der Waals surface area contributed by atoms with Crippen LogP contribution in [0.5, 0.6) is 0 Å². The Bertz CT molecular complexity index is 1090. The summed E-state index contributed by atoms with van der Waals surface area (Å²) in [4.78, 5) is 29.5. The quantitative estimate of drug-likeness (QED) is 0.303. The maximum atomic E-state index is 12.5. The van der Waals surface area contributed by atoms with Crippen LogP contribution in [-0.2, 0) is 9.47 Å². The molecule has 0 bridgehead atoms. The summed E-state index contributed by atoms with van der Waals surface area (Å²) in [5, 5.41) is 2.02.